The van der Waals surface area contributed by atoms with Crippen LogP contribution >= 0.6 is 0 Å². The van der Waals surface area contributed by atoms with Crippen molar-refractivity contribution in [3.8, 4) is 0 Å². The molecule has 0 spiro atoms. The number of hydrogen-bond acceptors (Lipinski definition) is 5. The summed E-state index contributed by atoms with van der Waals surface area (Å²) in [6.07, 6.45) is 4.62. The van der Waals surface area contributed by atoms with Gasteiger partial charge in [0.05, 0.1) is 6.21 Å². The van der Waals surface area contributed by atoms with Crippen LogP contribution in [0.3, 0.4) is 0 Å². The lowest BCUT2D eigenvalue weighted by atomic mass is 10.5. The second-order valence-electron chi connectivity index (χ2n) is 3.16. The average molecular weight is 205 g/mol. The molecule has 6 heteroatoms. The van der Waals surface area contributed by atoms with Gasteiger partial charge in [-0.3, -0.25) is 0 Å². The Hall–Kier alpha value is -2.11. The minimum absolute atomic E-state index is 0.687. The van der Waals surface area contributed by atoms with Gasteiger partial charge in [0, 0.05) is 20.2 Å². The molecule has 0 aliphatic heterocycles. The zero-order valence-electron chi connectivity index (χ0n) is 8.53. The lowest BCUT2D eigenvalue weighted by Gasteiger charge is -2.05. The van der Waals surface area contributed by atoms with E-state index in [0.717, 1.165) is 5.88 Å². The van der Waals surface area contributed by atoms with Gasteiger partial charge < -0.3 is 9.32 Å². The van der Waals surface area contributed by atoms with E-state index in [2.05, 4.69) is 15.3 Å². The molecule has 0 aliphatic rings. The highest BCUT2D eigenvalue weighted by molar-refractivity contribution is 5.76. The van der Waals surface area contributed by atoms with Gasteiger partial charge in [-0.05, 0) is 6.07 Å². The van der Waals surface area contributed by atoms with E-state index in [0.29, 0.717) is 5.76 Å². The van der Waals surface area contributed by atoms with Gasteiger partial charge in [-0.15, -0.1) is 10.2 Å². The molecule has 2 aromatic rings. The van der Waals surface area contributed by atoms with Crippen LogP contribution < -0.4 is 4.90 Å². The molecular weight excluding hydrogens is 194 g/mol. The van der Waals surface area contributed by atoms with Crippen molar-refractivity contribution in [2.24, 2.45) is 5.10 Å². The summed E-state index contributed by atoms with van der Waals surface area (Å²) in [7, 11) is 3.83. The molecule has 2 heterocycles. The maximum Gasteiger partial charge on any atom is 0.195 e. The van der Waals surface area contributed by atoms with Gasteiger partial charge in [-0.25, -0.2) is 4.68 Å². The molecule has 0 radical (unpaired) electrons. The van der Waals surface area contributed by atoms with E-state index in [1.54, 1.807) is 6.21 Å². The standard InChI is InChI=1S/C9H11N5O/c1-13(2)9-4-3-8(15-9)5-12-14-6-10-11-7-14/h3-7H,1-2H3/b12-5-. The Balaban J connectivity index is 2.11. The first-order valence-corrected chi connectivity index (χ1v) is 4.42. The van der Waals surface area contributed by atoms with E-state index in [1.165, 1.54) is 17.3 Å². The summed E-state index contributed by atoms with van der Waals surface area (Å²) < 4.78 is 6.96. The molecule has 0 saturated carbocycles. The van der Waals surface area contributed by atoms with E-state index < -0.39 is 0 Å². The van der Waals surface area contributed by atoms with Crippen LogP contribution in [0.5, 0.6) is 0 Å². The first-order chi connectivity index (χ1) is 7.25. The van der Waals surface area contributed by atoms with Crippen LogP contribution in [-0.2, 0) is 0 Å². The first-order valence-electron chi connectivity index (χ1n) is 4.42. The maximum absolute atomic E-state index is 5.47. The van der Waals surface area contributed by atoms with Crippen molar-refractivity contribution in [3.05, 3.63) is 30.5 Å². The van der Waals surface area contributed by atoms with Crippen LogP contribution in [0, 0.1) is 0 Å². The summed E-state index contributed by atoms with van der Waals surface area (Å²) in [4.78, 5) is 1.89. The van der Waals surface area contributed by atoms with Crippen LogP contribution in [0.15, 0.2) is 34.3 Å². The normalized spacial score (nSPS) is 11.1. The number of hydrogen-bond donors (Lipinski definition) is 0. The van der Waals surface area contributed by atoms with Crippen molar-refractivity contribution in [1.29, 1.82) is 0 Å². The van der Waals surface area contributed by atoms with E-state index >= 15 is 0 Å². The van der Waals surface area contributed by atoms with Crippen LogP contribution in [0.1, 0.15) is 5.76 Å². The highest BCUT2D eigenvalue weighted by atomic mass is 16.4. The highest BCUT2D eigenvalue weighted by Crippen LogP contribution is 2.14. The van der Waals surface area contributed by atoms with Crippen molar-refractivity contribution < 1.29 is 4.42 Å². The third kappa shape index (κ3) is 2.22. The fourth-order valence-electron chi connectivity index (χ4n) is 1.03. The number of rotatable bonds is 3. The van der Waals surface area contributed by atoms with Crippen molar-refractivity contribution in [3.63, 3.8) is 0 Å². The van der Waals surface area contributed by atoms with Crippen LogP contribution in [-0.4, -0.2) is 35.2 Å². The molecule has 0 bridgehead atoms. The zero-order valence-corrected chi connectivity index (χ0v) is 8.53. The Morgan fingerprint density at radius 3 is 2.67 bits per heavy atom. The second kappa shape index (κ2) is 3.95. The van der Waals surface area contributed by atoms with Gasteiger partial charge in [-0.1, -0.05) is 0 Å². The summed E-state index contributed by atoms with van der Waals surface area (Å²) in [6.45, 7) is 0. The van der Waals surface area contributed by atoms with Gasteiger partial charge >= 0.3 is 0 Å². The predicted molar refractivity (Wildman–Crippen MR) is 56.0 cm³/mol. The molecule has 2 rings (SSSR count). The summed E-state index contributed by atoms with van der Waals surface area (Å²) in [5.74, 6) is 1.48. The zero-order chi connectivity index (χ0) is 10.7. The minimum Gasteiger partial charge on any atom is -0.440 e. The van der Waals surface area contributed by atoms with Gasteiger partial charge in [-0.2, -0.15) is 5.10 Å². The van der Waals surface area contributed by atoms with Crippen LogP contribution in [0.25, 0.3) is 0 Å². The molecule has 0 saturated heterocycles. The monoisotopic (exact) mass is 205 g/mol. The van der Waals surface area contributed by atoms with E-state index in [9.17, 15) is 0 Å². The van der Waals surface area contributed by atoms with Gasteiger partial charge in [0.1, 0.15) is 18.4 Å². The summed E-state index contributed by atoms with van der Waals surface area (Å²) >= 11 is 0. The molecule has 15 heavy (non-hydrogen) atoms. The molecule has 0 aliphatic carbocycles. The van der Waals surface area contributed by atoms with Crippen molar-refractivity contribution in [1.82, 2.24) is 14.9 Å². The number of furan rings is 1. The molecule has 0 N–H and O–H groups in total. The average Bonchev–Trinajstić information content (AvgIpc) is 2.86. The van der Waals surface area contributed by atoms with Gasteiger partial charge in [0.2, 0.25) is 0 Å². The molecule has 2 aromatic heterocycles. The summed E-state index contributed by atoms with van der Waals surface area (Å²) in [5.41, 5.74) is 0. The lowest BCUT2D eigenvalue weighted by molar-refractivity contribution is 0.557. The van der Waals surface area contributed by atoms with Crippen LogP contribution in [0.4, 0.5) is 5.88 Å². The molecule has 78 valence electrons. The molecule has 6 nitrogen and oxygen atoms in total. The molecule has 0 amide bonds. The lowest BCUT2D eigenvalue weighted by Crippen LogP contribution is -2.06. The Bertz CT molecular complexity index is 443. The van der Waals surface area contributed by atoms with E-state index in [1.807, 2.05) is 31.1 Å². The number of nitrogens with zero attached hydrogens (tertiary/aromatic N) is 5. The molecule has 0 unspecified atom stereocenters. The predicted octanol–water partition coefficient (Wildman–Crippen LogP) is 0.819. The van der Waals surface area contributed by atoms with Gasteiger partial charge in [0.15, 0.2) is 5.88 Å². The van der Waals surface area contributed by atoms with Crippen molar-refractivity contribution in [2.75, 3.05) is 19.0 Å². The molecule has 0 atom stereocenters. The molecular formula is C9H11N5O. The van der Waals surface area contributed by atoms with Crippen molar-refractivity contribution in [2.45, 2.75) is 0 Å². The SMILES string of the molecule is CN(C)c1ccc(/C=N\n2cnnc2)o1. The third-order valence-corrected chi connectivity index (χ3v) is 1.78. The minimum atomic E-state index is 0.687. The Morgan fingerprint density at radius 2 is 2.07 bits per heavy atom. The number of anilines is 1. The Morgan fingerprint density at radius 1 is 1.33 bits per heavy atom. The summed E-state index contributed by atoms with van der Waals surface area (Å²) in [6, 6.07) is 3.73. The molecule has 0 aromatic carbocycles. The first kappa shape index (κ1) is 9.45. The summed E-state index contributed by atoms with van der Waals surface area (Å²) in [5, 5.41) is 11.3. The fourth-order valence-corrected chi connectivity index (χ4v) is 1.03. The van der Waals surface area contributed by atoms with Crippen molar-refractivity contribution >= 4 is 12.1 Å². The topological polar surface area (TPSA) is 59.5 Å². The second-order valence-corrected chi connectivity index (χ2v) is 3.16. The third-order valence-electron chi connectivity index (χ3n) is 1.78. The Kier molecular flexibility index (Phi) is 2.49. The smallest absolute Gasteiger partial charge is 0.195 e. The van der Waals surface area contributed by atoms with Crippen LogP contribution in [0.2, 0.25) is 0 Å². The van der Waals surface area contributed by atoms with Gasteiger partial charge in [0.25, 0.3) is 0 Å². The molecule has 0 fully saturated rings. The van der Waals surface area contributed by atoms with E-state index in [4.69, 9.17) is 4.42 Å². The maximum atomic E-state index is 5.47. The highest BCUT2D eigenvalue weighted by Gasteiger charge is 2.00. The fraction of sp³-hybridized carbons (Fsp3) is 0.222. The van der Waals surface area contributed by atoms with E-state index in [-0.39, 0.29) is 0 Å². The Labute approximate surface area is 86.8 Å². The quantitative estimate of drug-likeness (QED) is 0.696. The largest absolute Gasteiger partial charge is 0.440 e. The number of aromatic nitrogens is 3.